The van der Waals surface area contributed by atoms with Gasteiger partial charge in [-0.05, 0) is 12.0 Å². The van der Waals surface area contributed by atoms with Crippen LogP contribution in [0.4, 0.5) is 5.82 Å². The Balaban J connectivity index is 1.85. The second kappa shape index (κ2) is 5.35. The zero-order valence-electron chi connectivity index (χ0n) is 10.3. The molecule has 5 nitrogen and oxygen atoms in total. The number of aromatic nitrogens is 2. The van der Waals surface area contributed by atoms with E-state index in [-0.39, 0.29) is 5.91 Å². The highest BCUT2D eigenvalue weighted by atomic mass is 16.1. The van der Waals surface area contributed by atoms with Gasteiger partial charge >= 0.3 is 0 Å². The standard InChI is InChI=1S/C13H16N4O/c1-17-12(14)9-11(16-17)13(18)15-8-7-10-5-3-2-4-6-10/h2-6,9H,7-8,14H2,1H3,(H,15,18). The van der Waals surface area contributed by atoms with Crippen LogP contribution in [0.2, 0.25) is 0 Å². The third-order valence-electron chi connectivity index (χ3n) is 2.69. The number of nitrogens with two attached hydrogens (primary N) is 1. The fraction of sp³-hybridized carbons (Fsp3) is 0.231. The highest BCUT2D eigenvalue weighted by molar-refractivity contribution is 5.92. The van der Waals surface area contributed by atoms with E-state index < -0.39 is 0 Å². The molecule has 18 heavy (non-hydrogen) atoms. The number of hydrogen-bond donors (Lipinski definition) is 2. The Morgan fingerprint density at radius 3 is 2.72 bits per heavy atom. The largest absolute Gasteiger partial charge is 0.384 e. The minimum atomic E-state index is -0.196. The van der Waals surface area contributed by atoms with Gasteiger partial charge in [-0.2, -0.15) is 5.10 Å². The first kappa shape index (κ1) is 12.2. The lowest BCUT2D eigenvalue weighted by atomic mass is 10.1. The lowest BCUT2D eigenvalue weighted by Gasteiger charge is -2.03. The maximum atomic E-state index is 11.8. The number of rotatable bonds is 4. The summed E-state index contributed by atoms with van der Waals surface area (Å²) in [5.41, 5.74) is 7.16. The fourth-order valence-corrected chi connectivity index (χ4v) is 1.65. The minimum Gasteiger partial charge on any atom is -0.384 e. The molecule has 0 aliphatic carbocycles. The smallest absolute Gasteiger partial charge is 0.271 e. The maximum absolute atomic E-state index is 11.8. The van der Waals surface area contributed by atoms with E-state index in [2.05, 4.69) is 10.4 Å². The highest BCUT2D eigenvalue weighted by Crippen LogP contribution is 2.04. The van der Waals surface area contributed by atoms with Gasteiger partial charge in [0.05, 0.1) is 0 Å². The Hall–Kier alpha value is -2.30. The van der Waals surface area contributed by atoms with E-state index in [0.717, 1.165) is 6.42 Å². The van der Waals surface area contributed by atoms with Crippen molar-refractivity contribution >= 4 is 11.7 Å². The summed E-state index contributed by atoms with van der Waals surface area (Å²) in [6.07, 6.45) is 0.800. The van der Waals surface area contributed by atoms with Gasteiger partial charge in [0.2, 0.25) is 0 Å². The molecule has 0 unspecified atom stereocenters. The monoisotopic (exact) mass is 244 g/mol. The number of nitrogens with zero attached hydrogens (tertiary/aromatic N) is 2. The molecule has 2 aromatic rings. The summed E-state index contributed by atoms with van der Waals surface area (Å²) in [5, 5.41) is 6.83. The number of aryl methyl sites for hydroxylation is 1. The molecule has 1 aromatic carbocycles. The van der Waals surface area contributed by atoms with E-state index in [0.29, 0.717) is 18.1 Å². The van der Waals surface area contributed by atoms with Crippen LogP contribution in [0, 0.1) is 0 Å². The van der Waals surface area contributed by atoms with Crippen molar-refractivity contribution in [3.63, 3.8) is 0 Å². The van der Waals surface area contributed by atoms with Crippen LogP contribution < -0.4 is 11.1 Å². The van der Waals surface area contributed by atoms with Gasteiger partial charge in [0.15, 0.2) is 5.69 Å². The van der Waals surface area contributed by atoms with Crippen molar-refractivity contribution in [1.29, 1.82) is 0 Å². The zero-order chi connectivity index (χ0) is 13.0. The Morgan fingerprint density at radius 1 is 1.39 bits per heavy atom. The van der Waals surface area contributed by atoms with Gasteiger partial charge in [-0.15, -0.1) is 0 Å². The first-order chi connectivity index (χ1) is 8.66. The molecule has 3 N–H and O–H groups in total. The van der Waals surface area contributed by atoms with E-state index in [1.807, 2.05) is 30.3 Å². The molecule has 0 aliphatic heterocycles. The van der Waals surface area contributed by atoms with Gasteiger partial charge in [0.25, 0.3) is 5.91 Å². The summed E-state index contributed by atoms with van der Waals surface area (Å²) in [5.74, 6) is 0.279. The van der Waals surface area contributed by atoms with Gasteiger partial charge in [-0.1, -0.05) is 30.3 Å². The molecule has 1 heterocycles. The van der Waals surface area contributed by atoms with E-state index >= 15 is 0 Å². The van der Waals surface area contributed by atoms with Gasteiger partial charge in [0, 0.05) is 19.7 Å². The van der Waals surface area contributed by atoms with Crippen molar-refractivity contribution in [2.75, 3.05) is 12.3 Å². The van der Waals surface area contributed by atoms with Crippen LogP contribution in [0.1, 0.15) is 16.1 Å². The molecule has 0 bridgehead atoms. The number of hydrogen-bond acceptors (Lipinski definition) is 3. The highest BCUT2D eigenvalue weighted by Gasteiger charge is 2.10. The molecular formula is C13H16N4O. The van der Waals surface area contributed by atoms with E-state index in [9.17, 15) is 4.79 Å². The molecule has 5 heteroatoms. The van der Waals surface area contributed by atoms with E-state index in [1.165, 1.54) is 10.2 Å². The lowest BCUT2D eigenvalue weighted by molar-refractivity contribution is 0.0948. The number of benzene rings is 1. The number of nitrogens with one attached hydrogen (secondary N) is 1. The van der Waals surface area contributed by atoms with Gasteiger partial charge in [-0.25, -0.2) is 0 Å². The fourth-order valence-electron chi connectivity index (χ4n) is 1.65. The molecule has 1 amide bonds. The van der Waals surface area contributed by atoms with Crippen LogP contribution in [0.5, 0.6) is 0 Å². The molecule has 0 spiro atoms. The minimum absolute atomic E-state index is 0.196. The molecule has 2 rings (SSSR count). The molecule has 94 valence electrons. The Labute approximate surface area is 106 Å². The second-order valence-electron chi connectivity index (χ2n) is 4.07. The SMILES string of the molecule is Cn1nc(C(=O)NCCc2ccccc2)cc1N. The Kier molecular flexibility index (Phi) is 3.62. The normalized spacial score (nSPS) is 10.3. The lowest BCUT2D eigenvalue weighted by Crippen LogP contribution is -2.26. The third-order valence-corrected chi connectivity index (χ3v) is 2.69. The number of anilines is 1. The average molecular weight is 244 g/mol. The van der Waals surface area contributed by atoms with Crippen LogP contribution in [-0.4, -0.2) is 22.2 Å². The van der Waals surface area contributed by atoms with E-state index in [1.54, 1.807) is 13.1 Å². The molecule has 0 radical (unpaired) electrons. The summed E-state index contributed by atoms with van der Waals surface area (Å²) in [6, 6.07) is 11.6. The van der Waals surface area contributed by atoms with Gasteiger partial charge < -0.3 is 11.1 Å². The number of amides is 1. The zero-order valence-corrected chi connectivity index (χ0v) is 10.3. The third kappa shape index (κ3) is 2.88. The van der Waals surface area contributed by atoms with Crippen LogP contribution in [0.25, 0.3) is 0 Å². The van der Waals surface area contributed by atoms with Crippen LogP contribution >= 0.6 is 0 Å². The van der Waals surface area contributed by atoms with Crippen LogP contribution in [0.3, 0.4) is 0 Å². The van der Waals surface area contributed by atoms with Crippen molar-refractivity contribution in [3.8, 4) is 0 Å². The predicted octanol–water partition coefficient (Wildman–Crippen LogP) is 0.975. The molecule has 0 aliphatic rings. The van der Waals surface area contributed by atoms with Crippen LogP contribution in [0.15, 0.2) is 36.4 Å². The van der Waals surface area contributed by atoms with Gasteiger partial charge in [0.1, 0.15) is 5.82 Å². The average Bonchev–Trinajstić information content (AvgIpc) is 2.71. The van der Waals surface area contributed by atoms with Crippen molar-refractivity contribution in [2.24, 2.45) is 7.05 Å². The number of carbonyl (C=O) groups is 1. The second-order valence-corrected chi connectivity index (χ2v) is 4.07. The molecule has 0 fully saturated rings. The van der Waals surface area contributed by atoms with Crippen LogP contribution in [-0.2, 0) is 13.5 Å². The summed E-state index contributed by atoms with van der Waals surface area (Å²) in [7, 11) is 1.70. The van der Waals surface area contributed by atoms with Crippen molar-refractivity contribution in [1.82, 2.24) is 15.1 Å². The molecule has 0 saturated carbocycles. The molecule has 0 saturated heterocycles. The quantitative estimate of drug-likeness (QED) is 0.842. The summed E-state index contributed by atoms with van der Waals surface area (Å²) in [6.45, 7) is 0.583. The Bertz CT molecular complexity index is 514. The van der Waals surface area contributed by atoms with E-state index in [4.69, 9.17) is 5.73 Å². The summed E-state index contributed by atoms with van der Waals surface area (Å²) in [4.78, 5) is 11.8. The molecular weight excluding hydrogens is 228 g/mol. The Morgan fingerprint density at radius 2 is 2.11 bits per heavy atom. The summed E-state index contributed by atoms with van der Waals surface area (Å²) < 4.78 is 1.48. The first-order valence-corrected chi connectivity index (χ1v) is 5.78. The maximum Gasteiger partial charge on any atom is 0.271 e. The molecule has 0 atom stereocenters. The van der Waals surface area contributed by atoms with Crippen molar-refractivity contribution in [3.05, 3.63) is 47.7 Å². The predicted molar refractivity (Wildman–Crippen MR) is 70.1 cm³/mol. The first-order valence-electron chi connectivity index (χ1n) is 5.78. The number of nitrogen functional groups attached to an aromatic ring is 1. The molecule has 1 aromatic heterocycles. The van der Waals surface area contributed by atoms with Crippen molar-refractivity contribution < 1.29 is 4.79 Å². The van der Waals surface area contributed by atoms with Gasteiger partial charge in [-0.3, -0.25) is 9.48 Å². The van der Waals surface area contributed by atoms with Crippen molar-refractivity contribution in [2.45, 2.75) is 6.42 Å². The number of carbonyl (C=O) groups excluding carboxylic acids is 1. The summed E-state index contributed by atoms with van der Waals surface area (Å²) >= 11 is 0. The topological polar surface area (TPSA) is 72.9 Å².